The predicted molar refractivity (Wildman–Crippen MR) is 104 cm³/mol. The molecular formula is C18H19Br2NO6. The summed E-state index contributed by atoms with van der Waals surface area (Å²) in [5.41, 5.74) is 0.405. The van der Waals surface area contributed by atoms with Gasteiger partial charge < -0.3 is 4.74 Å². The molecule has 0 bridgehead atoms. The van der Waals surface area contributed by atoms with Crippen molar-refractivity contribution in [3.05, 3.63) is 35.9 Å². The third kappa shape index (κ3) is 7.34. The van der Waals surface area contributed by atoms with Crippen LogP contribution in [0.15, 0.2) is 30.3 Å². The molecule has 0 radical (unpaired) electrons. The fraction of sp³-hybridized carbons (Fsp3) is 0.389. The SMILES string of the molecule is CCOC(=O)C(CC(=O)CBr)C(=O)c1ccccc1.O=C1CCC(=O)N1Br. The minimum Gasteiger partial charge on any atom is -0.465 e. The summed E-state index contributed by atoms with van der Waals surface area (Å²) in [6.07, 6.45) is 0.561. The van der Waals surface area contributed by atoms with Crippen LogP contribution < -0.4 is 0 Å². The first-order valence-corrected chi connectivity index (χ1v) is 10.00. The zero-order chi connectivity index (χ0) is 20.4. The van der Waals surface area contributed by atoms with Crippen molar-refractivity contribution in [3.63, 3.8) is 0 Å². The second kappa shape index (κ2) is 11.8. The van der Waals surface area contributed by atoms with E-state index < -0.39 is 11.9 Å². The fourth-order valence-electron chi connectivity index (χ4n) is 2.16. The molecule has 1 unspecified atom stereocenters. The number of halogens is 2. The van der Waals surface area contributed by atoms with Crippen molar-refractivity contribution in [2.24, 2.45) is 5.92 Å². The summed E-state index contributed by atoms with van der Waals surface area (Å²) in [5.74, 6) is -2.58. The molecule has 1 fully saturated rings. The highest BCUT2D eigenvalue weighted by Crippen LogP contribution is 2.16. The molecule has 2 rings (SSSR count). The normalized spacial score (nSPS) is 14.3. The molecule has 0 aromatic heterocycles. The van der Waals surface area contributed by atoms with E-state index in [0.29, 0.717) is 18.4 Å². The van der Waals surface area contributed by atoms with Gasteiger partial charge in [0.15, 0.2) is 5.78 Å². The number of amides is 2. The Morgan fingerprint density at radius 3 is 2.07 bits per heavy atom. The number of ketones is 2. The van der Waals surface area contributed by atoms with Crippen molar-refractivity contribution >= 4 is 61.4 Å². The van der Waals surface area contributed by atoms with Gasteiger partial charge in [-0.2, -0.15) is 0 Å². The van der Waals surface area contributed by atoms with Crippen LogP contribution in [0.3, 0.4) is 0 Å². The largest absolute Gasteiger partial charge is 0.465 e. The Morgan fingerprint density at radius 2 is 1.67 bits per heavy atom. The molecule has 1 atom stereocenters. The van der Waals surface area contributed by atoms with Crippen LogP contribution in [0.1, 0.15) is 36.5 Å². The number of rotatable bonds is 7. The van der Waals surface area contributed by atoms with Gasteiger partial charge in [-0.1, -0.05) is 46.3 Å². The summed E-state index contributed by atoms with van der Waals surface area (Å²) in [7, 11) is 0. The molecule has 146 valence electrons. The van der Waals surface area contributed by atoms with Gasteiger partial charge in [-0.3, -0.25) is 24.0 Å². The van der Waals surface area contributed by atoms with E-state index in [1.807, 2.05) is 0 Å². The van der Waals surface area contributed by atoms with Crippen LogP contribution in [0.5, 0.6) is 0 Å². The Balaban J connectivity index is 0.000000377. The zero-order valence-electron chi connectivity index (χ0n) is 14.7. The second-order valence-corrected chi connectivity index (χ2v) is 6.75. The molecule has 1 aliphatic rings. The van der Waals surface area contributed by atoms with Crippen LogP contribution >= 0.6 is 32.1 Å². The number of Topliss-reactive ketones (excluding diaryl/α,β-unsaturated/α-hetero) is 2. The third-order valence-corrected chi connectivity index (χ3v) is 4.93. The van der Waals surface area contributed by atoms with E-state index in [1.54, 1.807) is 37.3 Å². The Bertz CT molecular complexity index is 691. The Morgan fingerprint density at radius 1 is 1.11 bits per heavy atom. The lowest BCUT2D eigenvalue weighted by Crippen LogP contribution is -2.29. The Hall–Kier alpha value is -1.87. The number of alkyl halides is 1. The quantitative estimate of drug-likeness (QED) is 0.141. The molecule has 1 aliphatic heterocycles. The molecule has 0 saturated carbocycles. The number of carbonyl (C=O) groups excluding carboxylic acids is 5. The second-order valence-electron chi connectivity index (χ2n) is 5.48. The van der Waals surface area contributed by atoms with Crippen molar-refractivity contribution in [2.45, 2.75) is 26.2 Å². The van der Waals surface area contributed by atoms with Crippen molar-refractivity contribution in [2.75, 3.05) is 11.9 Å². The zero-order valence-corrected chi connectivity index (χ0v) is 17.8. The summed E-state index contributed by atoms with van der Waals surface area (Å²) in [6.45, 7) is 1.84. The van der Waals surface area contributed by atoms with Crippen LogP contribution in [0.25, 0.3) is 0 Å². The van der Waals surface area contributed by atoms with E-state index in [1.165, 1.54) is 0 Å². The lowest BCUT2D eigenvalue weighted by Gasteiger charge is -2.13. The van der Waals surface area contributed by atoms with E-state index in [4.69, 9.17) is 4.74 Å². The Kier molecular flexibility index (Phi) is 10.1. The maximum absolute atomic E-state index is 12.2. The first kappa shape index (κ1) is 23.2. The third-order valence-electron chi connectivity index (χ3n) is 3.52. The molecule has 1 heterocycles. The summed E-state index contributed by atoms with van der Waals surface area (Å²) in [5, 5.41) is 0.116. The van der Waals surface area contributed by atoms with Gasteiger partial charge in [0.05, 0.1) is 28.1 Å². The number of ether oxygens (including phenoxy) is 1. The van der Waals surface area contributed by atoms with Crippen LogP contribution in [-0.4, -0.2) is 45.2 Å². The average molecular weight is 505 g/mol. The molecule has 1 aromatic rings. The molecule has 0 spiro atoms. The molecule has 1 aromatic carbocycles. The first-order chi connectivity index (χ1) is 12.8. The number of imide groups is 1. The van der Waals surface area contributed by atoms with E-state index in [-0.39, 0.29) is 41.7 Å². The van der Waals surface area contributed by atoms with Gasteiger partial charge in [-0.25, -0.2) is 3.93 Å². The summed E-state index contributed by atoms with van der Waals surface area (Å²) in [6, 6.07) is 8.43. The summed E-state index contributed by atoms with van der Waals surface area (Å²) < 4.78 is 5.84. The molecule has 1 saturated heterocycles. The van der Waals surface area contributed by atoms with Crippen LogP contribution in [0, 0.1) is 5.92 Å². The summed E-state index contributed by atoms with van der Waals surface area (Å²) >= 11 is 5.83. The first-order valence-electron chi connectivity index (χ1n) is 8.16. The number of hydrogen-bond acceptors (Lipinski definition) is 6. The monoisotopic (exact) mass is 503 g/mol. The molecule has 7 nitrogen and oxygen atoms in total. The highest BCUT2D eigenvalue weighted by atomic mass is 79.9. The van der Waals surface area contributed by atoms with Crippen molar-refractivity contribution in [1.29, 1.82) is 0 Å². The van der Waals surface area contributed by atoms with Crippen molar-refractivity contribution in [1.82, 2.24) is 3.93 Å². The van der Waals surface area contributed by atoms with Gasteiger partial charge in [0, 0.05) is 24.8 Å². The summed E-state index contributed by atoms with van der Waals surface area (Å²) in [4.78, 5) is 56.4. The van der Waals surface area contributed by atoms with Gasteiger partial charge in [0.1, 0.15) is 11.7 Å². The van der Waals surface area contributed by atoms with Crippen molar-refractivity contribution in [3.8, 4) is 0 Å². The van der Waals surface area contributed by atoms with Gasteiger partial charge in [-0.05, 0) is 6.92 Å². The fourth-order valence-corrected chi connectivity index (χ4v) is 2.74. The molecule has 9 heteroatoms. The van der Waals surface area contributed by atoms with Crippen molar-refractivity contribution < 1.29 is 28.7 Å². The van der Waals surface area contributed by atoms with Crippen LogP contribution in [0.4, 0.5) is 0 Å². The topological polar surface area (TPSA) is 97.8 Å². The standard InChI is InChI=1S/C14H15BrO4.C4H4BrNO2/c1-2-19-14(18)12(8-11(16)9-15)13(17)10-6-4-3-5-7-10;5-6-3(7)1-2-4(6)8/h3-7,12H,2,8-9H2,1H3;1-2H2. The lowest BCUT2D eigenvalue weighted by molar-refractivity contribution is -0.147. The number of carbonyl (C=O) groups is 5. The van der Waals surface area contributed by atoms with Crippen LogP contribution in [-0.2, 0) is 23.9 Å². The van der Waals surface area contributed by atoms with E-state index >= 15 is 0 Å². The minimum absolute atomic E-state index is 0.116. The molecule has 0 N–H and O–H groups in total. The van der Waals surface area contributed by atoms with Crippen LogP contribution in [0.2, 0.25) is 0 Å². The maximum atomic E-state index is 12.2. The van der Waals surface area contributed by atoms with Gasteiger partial charge in [0.25, 0.3) is 0 Å². The van der Waals surface area contributed by atoms with E-state index in [2.05, 4.69) is 32.1 Å². The number of esters is 1. The minimum atomic E-state index is -1.06. The average Bonchev–Trinajstić information content (AvgIpc) is 2.97. The lowest BCUT2D eigenvalue weighted by atomic mass is 9.93. The molecule has 27 heavy (non-hydrogen) atoms. The predicted octanol–water partition coefficient (Wildman–Crippen LogP) is 2.85. The number of hydrogen-bond donors (Lipinski definition) is 0. The van der Waals surface area contributed by atoms with E-state index in [0.717, 1.165) is 3.93 Å². The van der Waals surface area contributed by atoms with Gasteiger partial charge in [0.2, 0.25) is 11.8 Å². The highest BCUT2D eigenvalue weighted by Gasteiger charge is 2.30. The highest BCUT2D eigenvalue weighted by molar-refractivity contribution is 9.09. The number of benzene rings is 1. The maximum Gasteiger partial charge on any atom is 0.317 e. The number of nitrogens with zero attached hydrogens (tertiary/aromatic N) is 1. The Labute approximate surface area is 173 Å². The molecular weight excluding hydrogens is 486 g/mol. The van der Waals surface area contributed by atoms with Gasteiger partial charge >= 0.3 is 5.97 Å². The van der Waals surface area contributed by atoms with E-state index in [9.17, 15) is 24.0 Å². The smallest absolute Gasteiger partial charge is 0.317 e. The van der Waals surface area contributed by atoms with Gasteiger partial charge in [-0.15, -0.1) is 0 Å². The molecule has 2 amide bonds. The molecule has 0 aliphatic carbocycles.